The van der Waals surface area contributed by atoms with Gasteiger partial charge in [0.1, 0.15) is 0 Å². The molecule has 0 atom stereocenters. The molecule has 0 saturated heterocycles. The molecule has 0 bridgehead atoms. The predicted octanol–water partition coefficient (Wildman–Crippen LogP) is 2.79. The summed E-state index contributed by atoms with van der Waals surface area (Å²) in [5.74, 6) is 1.69. The van der Waals surface area contributed by atoms with Gasteiger partial charge >= 0.3 is 0 Å². The lowest BCUT2D eigenvalue weighted by atomic mass is 10.2. The molecule has 1 amide bonds. The summed E-state index contributed by atoms with van der Waals surface area (Å²) in [4.78, 5) is 23.1. The van der Waals surface area contributed by atoms with E-state index in [-0.39, 0.29) is 11.7 Å². The SMILES string of the molecule is CCNc1nc(NCC)n2c(SCC(=O)N(C)Cc3cccc(Cl)c3)nnc2n1. The number of hydrogen-bond acceptors (Lipinski definition) is 8. The number of halogens is 1. The van der Waals surface area contributed by atoms with Crippen LogP contribution in [0.4, 0.5) is 11.9 Å². The molecule has 3 rings (SSSR count). The summed E-state index contributed by atoms with van der Waals surface area (Å²) in [5, 5.41) is 15.8. The Kier molecular flexibility index (Phi) is 7.10. The number of anilines is 2. The molecule has 11 heteroatoms. The van der Waals surface area contributed by atoms with E-state index in [0.717, 1.165) is 5.56 Å². The maximum atomic E-state index is 12.6. The second-order valence-electron chi connectivity index (χ2n) is 6.22. The number of carbonyl (C=O) groups excluding carboxylic acids is 1. The molecular formula is C18H23ClN8OS. The van der Waals surface area contributed by atoms with Crippen molar-refractivity contribution in [2.24, 2.45) is 0 Å². The number of thioether (sulfide) groups is 1. The fourth-order valence-corrected chi connectivity index (χ4v) is 3.71. The van der Waals surface area contributed by atoms with Crippen LogP contribution in [0.15, 0.2) is 29.4 Å². The number of benzene rings is 1. The third-order valence-corrected chi connectivity index (χ3v) is 5.12. The van der Waals surface area contributed by atoms with Crippen molar-refractivity contribution in [2.45, 2.75) is 25.5 Å². The van der Waals surface area contributed by atoms with E-state index in [9.17, 15) is 4.79 Å². The number of amides is 1. The summed E-state index contributed by atoms with van der Waals surface area (Å²) < 4.78 is 1.72. The van der Waals surface area contributed by atoms with E-state index in [1.807, 2.05) is 38.1 Å². The molecule has 0 fully saturated rings. The number of carbonyl (C=O) groups is 1. The van der Waals surface area contributed by atoms with Gasteiger partial charge in [-0.25, -0.2) is 4.40 Å². The highest BCUT2D eigenvalue weighted by molar-refractivity contribution is 7.99. The fourth-order valence-electron chi connectivity index (χ4n) is 2.63. The second-order valence-corrected chi connectivity index (χ2v) is 7.60. The molecule has 0 saturated carbocycles. The zero-order valence-electron chi connectivity index (χ0n) is 16.5. The third kappa shape index (κ3) is 5.27. The van der Waals surface area contributed by atoms with E-state index in [1.165, 1.54) is 11.8 Å². The topological polar surface area (TPSA) is 100 Å². The van der Waals surface area contributed by atoms with Gasteiger partial charge in [-0.15, -0.1) is 10.2 Å². The van der Waals surface area contributed by atoms with E-state index in [4.69, 9.17) is 11.6 Å². The van der Waals surface area contributed by atoms with E-state index in [0.29, 0.717) is 47.5 Å². The summed E-state index contributed by atoms with van der Waals surface area (Å²) in [6.45, 7) is 5.81. The molecule has 0 aliphatic carbocycles. The Hall–Kier alpha value is -2.59. The monoisotopic (exact) mass is 434 g/mol. The Morgan fingerprint density at radius 3 is 2.72 bits per heavy atom. The number of fused-ring (bicyclic) bond motifs is 1. The van der Waals surface area contributed by atoms with Gasteiger partial charge in [0.05, 0.1) is 5.75 Å². The molecule has 0 unspecified atom stereocenters. The average Bonchev–Trinajstić information content (AvgIpc) is 3.10. The summed E-state index contributed by atoms with van der Waals surface area (Å²) in [6.07, 6.45) is 0. The summed E-state index contributed by atoms with van der Waals surface area (Å²) >= 11 is 7.31. The van der Waals surface area contributed by atoms with Crippen molar-refractivity contribution in [3.63, 3.8) is 0 Å². The van der Waals surface area contributed by atoms with Crippen molar-refractivity contribution in [1.29, 1.82) is 0 Å². The largest absolute Gasteiger partial charge is 0.355 e. The molecule has 0 aliphatic rings. The van der Waals surface area contributed by atoms with Crippen molar-refractivity contribution in [2.75, 3.05) is 36.5 Å². The Balaban J connectivity index is 1.71. The van der Waals surface area contributed by atoms with Crippen LogP contribution in [-0.2, 0) is 11.3 Å². The number of hydrogen-bond donors (Lipinski definition) is 2. The maximum Gasteiger partial charge on any atom is 0.261 e. The Labute approximate surface area is 178 Å². The molecule has 2 N–H and O–H groups in total. The molecule has 0 aliphatic heterocycles. The van der Waals surface area contributed by atoms with Gasteiger partial charge in [-0.2, -0.15) is 9.97 Å². The third-order valence-electron chi connectivity index (χ3n) is 3.97. The first kappa shape index (κ1) is 21.1. The highest BCUT2D eigenvalue weighted by Gasteiger charge is 2.17. The van der Waals surface area contributed by atoms with Crippen LogP contribution >= 0.6 is 23.4 Å². The quantitative estimate of drug-likeness (QED) is 0.496. The minimum Gasteiger partial charge on any atom is -0.355 e. The summed E-state index contributed by atoms with van der Waals surface area (Å²) in [7, 11) is 1.77. The molecule has 1 aromatic carbocycles. The molecule has 2 heterocycles. The number of nitrogens with one attached hydrogen (secondary N) is 2. The van der Waals surface area contributed by atoms with E-state index in [1.54, 1.807) is 16.3 Å². The molecule has 3 aromatic rings. The van der Waals surface area contributed by atoms with Crippen LogP contribution in [0.3, 0.4) is 0 Å². The van der Waals surface area contributed by atoms with Gasteiger partial charge < -0.3 is 15.5 Å². The van der Waals surface area contributed by atoms with Crippen LogP contribution in [0.25, 0.3) is 5.78 Å². The number of aromatic nitrogens is 5. The highest BCUT2D eigenvalue weighted by Crippen LogP contribution is 2.21. The van der Waals surface area contributed by atoms with Gasteiger partial charge in [0.25, 0.3) is 5.78 Å². The van der Waals surface area contributed by atoms with Crippen LogP contribution < -0.4 is 10.6 Å². The normalized spacial score (nSPS) is 10.9. The molecular weight excluding hydrogens is 412 g/mol. The van der Waals surface area contributed by atoms with E-state index in [2.05, 4.69) is 30.8 Å². The first-order valence-electron chi connectivity index (χ1n) is 9.24. The molecule has 0 spiro atoms. The molecule has 2 aromatic heterocycles. The molecule has 29 heavy (non-hydrogen) atoms. The van der Waals surface area contributed by atoms with Crippen molar-refractivity contribution < 1.29 is 4.79 Å². The van der Waals surface area contributed by atoms with Gasteiger partial charge in [0.15, 0.2) is 5.16 Å². The van der Waals surface area contributed by atoms with Crippen molar-refractivity contribution in [3.8, 4) is 0 Å². The Bertz CT molecular complexity index is 995. The Morgan fingerprint density at radius 2 is 2.00 bits per heavy atom. The van der Waals surface area contributed by atoms with Crippen LogP contribution in [0, 0.1) is 0 Å². The summed E-state index contributed by atoms with van der Waals surface area (Å²) in [6, 6.07) is 7.48. The lowest BCUT2D eigenvalue weighted by molar-refractivity contribution is -0.127. The average molecular weight is 435 g/mol. The maximum absolute atomic E-state index is 12.6. The lowest BCUT2D eigenvalue weighted by Crippen LogP contribution is -2.27. The highest BCUT2D eigenvalue weighted by atomic mass is 35.5. The van der Waals surface area contributed by atoms with Crippen molar-refractivity contribution in [3.05, 3.63) is 34.9 Å². The minimum atomic E-state index is -0.0260. The smallest absolute Gasteiger partial charge is 0.261 e. The van der Waals surface area contributed by atoms with Gasteiger partial charge in [-0.3, -0.25) is 4.79 Å². The van der Waals surface area contributed by atoms with Gasteiger partial charge in [0, 0.05) is 31.7 Å². The van der Waals surface area contributed by atoms with E-state index < -0.39 is 0 Å². The predicted molar refractivity (Wildman–Crippen MR) is 116 cm³/mol. The van der Waals surface area contributed by atoms with Crippen molar-refractivity contribution in [1.82, 2.24) is 29.5 Å². The zero-order valence-corrected chi connectivity index (χ0v) is 18.1. The first-order valence-corrected chi connectivity index (χ1v) is 10.6. The van der Waals surface area contributed by atoms with E-state index >= 15 is 0 Å². The second kappa shape index (κ2) is 9.75. The van der Waals surface area contributed by atoms with Gasteiger partial charge in [-0.1, -0.05) is 35.5 Å². The number of rotatable bonds is 9. The molecule has 154 valence electrons. The first-order chi connectivity index (χ1) is 14.0. The molecule has 0 radical (unpaired) electrons. The van der Waals surface area contributed by atoms with Gasteiger partial charge in [-0.05, 0) is 31.5 Å². The van der Waals surface area contributed by atoms with Crippen LogP contribution in [-0.4, -0.2) is 61.3 Å². The summed E-state index contributed by atoms with van der Waals surface area (Å²) in [5.41, 5.74) is 0.977. The van der Waals surface area contributed by atoms with Gasteiger partial charge in [0.2, 0.25) is 17.8 Å². The van der Waals surface area contributed by atoms with Crippen LogP contribution in [0.5, 0.6) is 0 Å². The number of nitrogens with zero attached hydrogens (tertiary/aromatic N) is 6. The zero-order chi connectivity index (χ0) is 20.8. The van der Waals surface area contributed by atoms with Crippen molar-refractivity contribution >= 4 is 46.9 Å². The van der Waals surface area contributed by atoms with Crippen LogP contribution in [0.1, 0.15) is 19.4 Å². The fraction of sp³-hybridized carbons (Fsp3) is 0.389. The Morgan fingerprint density at radius 1 is 1.21 bits per heavy atom. The molecule has 9 nitrogen and oxygen atoms in total. The van der Waals surface area contributed by atoms with Crippen LogP contribution in [0.2, 0.25) is 5.02 Å². The minimum absolute atomic E-state index is 0.0260. The lowest BCUT2D eigenvalue weighted by Gasteiger charge is -2.17. The standard InChI is InChI=1S/C18H23ClN8OS/c1-4-20-15-22-16(21-5-2)27-17(23-15)24-25-18(27)29-11-14(28)26(3)10-12-7-6-8-13(19)9-12/h6-9H,4-5,10-11H2,1-3H3,(H2,20,21,22,23,24).